The quantitative estimate of drug-likeness (QED) is 0.738. The molecule has 1 N–H and O–H groups in total. The van der Waals surface area contributed by atoms with E-state index in [0.717, 1.165) is 19.0 Å². The van der Waals surface area contributed by atoms with Crippen molar-refractivity contribution in [1.29, 1.82) is 0 Å². The lowest BCUT2D eigenvalue weighted by atomic mass is 9.86. The Bertz CT molecular complexity index is 402. The summed E-state index contributed by atoms with van der Waals surface area (Å²) in [4.78, 5) is 17.5. The molecule has 1 spiro atoms. The zero-order valence-corrected chi connectivity index (χ0v) is 10.5. The number of nitrogens with one attached hydrogen (secondary N) is 1. The topological polar surface area (TPSA) is 50.2 Å². The molecule has 7 heteroatoms. The van der Waals surface area contributed by atoms with Crippen LogP contribution < -0.4 is 10.2 Å². The van der Waals surface area contributed by atoms with Crippen LogP contribution in [0.5, 0.6) is 0 Å². The Morgan fingerprint density at radius 3 is 2.69 bits per heavy atom. The van der Waals surface area contributed by atoms with Crippen molar-refractivity contribution in [2.24, 2.45) is 0 Å². The predicted octanol–water partition coefficient (Wildman–Crippen LogP) is 0.392. The summed E-state index contributed by atoms with van der Waals surface area (Å²) in [5.41, 5.74) is -0.0323. The summed E-state index contributed by atoms with van der Waals surface area (Å²) in [6, 6.07) is 0. The Balaban J connectivity index is 0.000000640. The Kier molecular flexibility index (Phi) is 3.52. The fraction of sp³-hybridized carbons (Fsp3) is 0.556. The van der Waals surface area contributed by atoms with E-state index in [1.165, 1.54) is 0 Å². The summed E-state index contributed by atoms with van der Waals surface area (Å²) >= 11 is 0. The summed E-state index contributed by atoms with van der Waals surface area (Å²) < 4.78 is 2.12. The van der Waals surface area contributed by atoms with E-state index in [1.807, 2.05) is 6.20 Å². The van der Waals surface area contributed by atoms with Gasteiger partial charge < -0.3 is 9.88 Å². The molecule has 1 aromatic heterocycles. The highest BCUT2D eigenvalue weighted by Crippen LogP contribution is 2.34. The zero-order chi connectivity index (χ0) is 9.76. The van der Waals surface area contributed by atoms with Crippen molar-refractivity contribution in [3.63, 3.8) is 0 Å². The molecule has 1 fully saturated rings. The Hall–Kier alpha value is -0.780. The number of carbonyl (C=O) groups excluding carboxylic acids is 1. The number of amides is 1. The first-order valence-electron chi connectivity index (χ1n) is 4.74. The molecule has 0 aliphatic carbocycles. The van der Waals surface area contributed by atoms with Crippen molar-refractivity contribution in [2.75, 3.05) is 25.0 Å². The van der Waals surface area contributed by atoms with Crippen LogP contribution in [0.4, 0.5) is 5.95 Å². The van der Waals surface area contributed by atoms with Crippen molar-refractivity contribution in [3.8, 4) is 0 Å². The second-order valence-electron chi connectivity index (χ2n) is 4.05. The average Bonchev–Trinajstić information content (AvgIpc) is 2.57. The van der Waals surface area contributed by atoms with Gasteiger partial charge in [0.25, 0.3) is 0 Å². The molecule has 1 saturated heterocycles. The second-order valence-corrected chi connectivity index (χ2v) is 4.05. The van der Waals surface area contributed by atoms with E-state index >= 15 is 0 Å². The van der Waals surface area contributed by atoms with Gasteiger partial charge >= 0.3 is 0 Å². The Labute approximate surface area is 106 Å². The van der Waals surface area contributed by atoms with Crippen LogP contribution in [0, 0.1) is 0 Å². The first-order valence-corrected chi connectivity index (χ1v) is 4.74. The number of imidazole rings is 1. The number of hydrogen-bond donors (Lipinski definition) is 1. The number of hydrogen-bond acceptors (Lipinski definition) is 3. The SMILES string of the molecule is CN1C(=O)CC2(CNC2)n2ccnc21.Cl.Cl. The predicted molar refractivity (Wildman–Crippen MR) is 65.6 cm³/mol. The molecular formula is C9H14Cl2N4O. The maximum absolute atomic E-state index is 11.7. The molecule has 1 amide bonds. The summed E-state index contributed by atoms with van der Waals surface area (Å²) in [6.45, 7) is 1.74. The zero-order valence-electron chi connectivity index (χ0n) is 8.84. The standard InChI is InChI=1S/C9H12N4O.2ClH/c1-12-7(14)4-9(5-10-6-9)13-3-2-11-8(12)13;;/h2-3,10H,4-6H2,1H3;2*1H. The summed E-state index contributed by atoms with van der Waals surface area (Å²) in [7, 11) is 1.78. The van der Waals surface area contributed by atoms with Gasteiger partial charge in [0.1, 0.15) is 0 Å². The molecule has 0 bridgehead atoms. The van der Waals surface area contributed by atoms with Crippen LogP contribution in [-0.4, -0.2) is 35.6 Å². The van der Waals surface area contributed by atoms with E-state index < -0.39 is 0 Å². The summed E-state index contributed by atoms with van der Waals surface area (Å²) in [5, 5.41) is 3.22. The van der Waals surface area contributed by atoms with Gasteiger partial charge in [-0.1, -0.05) is 0 Å². The Morgan fingerprint density at radius 1 is 1.44 bits per heavy atom. The van der Waals surface area contributed by atoms with E-state index in [1.54, 1.807) is 18.1 Å². The minimum absolute atomic E-state index is 0. The van der Waals surface area contributed by atoms with E-state index in [9.17, 15) is 4.79 Å². The van der Waals surface area contributed by atoms with Gasteiger partial charge in [-0.2, -0.15) is 0 Å². The Morgan fingerprint density at radius 2 is 2.12 bits per heavy atom. The van der Waals surface area contributed by atoms with Crippen LogP contribution >= 0.6 is 24.8 Å². The summed E-state index contributed by atoms with van der Waals surface area (Å²) in [6.07, 6.45) is 4.30. The second kappa shape index (κ2) is 4.24. The lowest BCUT2D eigenvalue weighted by Gasteiger charge is -2.47. The van der Waals surface area contributed by atoms with Crippen LogP contribution in [0.3, 0.4) is 0 Å². The maximum Gasteiger partial charge on any atom is 0.231 e. The van der Waals surface area contributed by atoms with E-state index in [-0.39, 0.29) is 36.3 Å². The van der Waals surface area contributed by atoms with Gasteiger partial charge in [0.15, 0.2) is 0 Å². The fourth-order valence-corrected chi connectivity index (χ4v) is 2.22. The molecule has 90 valence electrons. The molecule has 0 radical (unpaired) electrons. The smallest absolute Gasteiger partial charge is 0.231 e. The molecule has 2 aliphatic heterocycles. The third kappa shape index (κ3) is 1.50. The number of rotatable bonds is 0. The molecule has 0 aromatic carbocycles. The lowest BCUT2D eigenvalue weighted by molar-refractivity contribution is -0.122. The van der Waals surface area contributed by atoms with E-state index in [2.05, 4.69) is 14.9 Å². The van der Waals surface area contributed by atoms with Crippen molar-refractivity contribution in [3.05, 3.63) is 12.4 Å². The third-order valence-electron chi connectivity index (χ3n) is 3.19. The molecule has 1 aromatic rings. The molecule has 0 atom stereocenters. The highest BCUT2D eigenvalue weighted by Gasteiger charge is 2.46. The molecule has 5 nitrogen and oxygen atoms in total. The van der Waals surface area contributed by atoms with Gasteiger partial charge in [0.05, 0.1) is 12.0 Å². The third-order valence-corrected chi connectivity index (χ3v) is 3.19. The summed E-state index contributed by atoms with van der Waals surface area (Å²) in [5.74, 6) is 0.924. The van der Waals surface area contributed by atoms with Crippen LogP contribution in [0.15, 0.2) is 12.4 Å². The molecule has 2 aliphatic rings. The highest BCUT2D eigenvalue weighted by atomic mass is 35.5. The van der Waals surface area contributed by atoms with Crippen molar-refractivity contribution >= 4 is 36.7 Å². The van der Waals surface area contributed by atoms with E-state index in [4.69, 9.17) is 0 Å². The molecule has 3 rings (SSSR count). The fourth-order valence-electron chi connectivity index (χ4n) is 2.22. The first-order chi connectivity index (χ1) is 6.73. The molecule has 0 saturated carbocycles. The number of fused-ring (bicyclic) bond motifs is 2. The molecule has 3 heterocycles. The van der Waals surface area contributed by atoms with Gasteiger partial charge in [-0.15, -0.1) is 24.8 Å². The lowest BCUT2D eigenvalue weighted by Crippen LogP contribution is -2.64. The van der Waals surface area contributed by atoms with Crippen molar-refractivity contribution < 1.29 is 4.79 Å². The first kappa shape index (κ1) is 13.3. The number of aromatic nitrogens is 2. The monoisotopic (exact) mass is 264 g/mol. The molecular weight excluding hydrogens is 251 g/mol. The minimum atomic E-state index is -0.0323. The van der Waals surface area contributed by atoms with Crippen molar-refractivity contribution in [2.45, 2.75) is 12.0 Å². The van der Waals surface area contributed by atoms with Crippen molar-refractivity contribution in [1.82, 2.24) is 14.9 Å². The van der Waals surface area contributed by atoms with Crippen LogP contribution in [0.1, 0.15) is 6.42 Å². The van der Waals surface area contributed by atoms with E-state index in [0.29, 0.717) is 6.42 Å². The van der Waals surface area contributed by atoms with Crippen LogP contribution in [0.25, 0.3) is 0 Å². The number of anilines is 1. The molecule has 16 heavy (non-hydrogen) atoms. The van der Waals surface area contributed by atoms with Crippen LogP contribution in [-0.2, 0) is 10.3 Å². The number of halogens is 2. The van der Waals surface area contributed by atoms with Crippen LogP contribution in [0.2, 0.25) is 0 Å². The largest absolute Gasteiger partial charge is 0.312 e. The normalized spacial score (nSPS) is 20.6. The number of nitrogens with zero attached hydrogens (tertiary/aromatic N) is 3. The highest BCUT2D eigenvalue weighted by molar-refractivity contribution is 5.93. The molecule has 0 unspecified atom stereocenters. The van der Waals surface area contributed by atoms with Gasteiger partial charge in [-0.3, -0.25) is 9.69 Å². The number of carbonyl (C=O) groups is 1. The van der Waals surface area contributed by atoms with Gasteiger partial charge in [-0.05, 0) is 0 Å². The van der Waals surface area contributed by atoms with Gasteiger partial charge in [-0.25, -0.2) is 4.98 Å². The maximum atomic E-state index is 11.7. The van der Waals surface area contributed by atoms with Gasteiger partial charge in [0, 0.05) is 32.5 Å². The average molecular weight is 265 g/mol. The van der Waals surface area contributed by atoms with Gasteiger partial charge in [0.2, 0.25) is 11.9 Å². The minimum Gasteiger partial charge on any atom is -0.312 e.